The first-order valence-electron chi connectivity index (χ1n) is 6.61. The maximum Gasteiger partial charge on any atom is 0.195 e. The van der Waals surface area contributed by atoms with Gasteiger partial charge in [-0.1, -0.05) is 18.2 Å². The van der Waals surface area contributed by atoms with Crippen molar-refractivity contribution in [3.63, 3.8) is 0 Å². The molecule has 0 spiro atoms. The smallest absolute Gasteiger partial charge is 0.195 e. The summed E-state index contributed by atoms with van der Waals surface area (Å²) in [5, 5.41) is 0. The molecule has 0 aliphatic carbocycles. The van der Waals surface area contributed by atoms with Gasteiger partial charge in [-0.25, -0.2) is 0 Å². The predicted octanol–water partition coefficient (Wildman–Crippen LogP) is 4.74. The lowest BCUT2D eigenvalue weighted by molar-refractivity contribution is 0.105. The maximum absolute atomic E-state index is 12.0. The normalized spacial score (nSPS) is 11.2. The number of ether oxygens (including phenoxy) is 1. The summed E-state index contributed by atoms with van der Waals surface area (Å²) in [6.45, 7) is 5.97. The Morgan fingerprint density at radius 1 is 1.20 bits per heavy atom. The second-order valence-corrected chi connectivity index (χ2v) is 6.10. The van der Waals surface area contributed by atoms with E-state index in [1.54, 1.807) is 6.08 Å². The lowest BCUT2D eigenvalue weighted by atomic mass is 10.1. The second kappa shape index (κ2) is 6.53. The largest absolute Gasteiger partial charge is 0.490 e. The highest BCUT2D eigenvalue weighted by molar-refractivity contribution is 7.14. The van der Waals surface area contributed by atoms with Gasteiger partial charge in [-0.05, 0) is 51.1 Å². The molecule has 0 atom stereocenters. The highest BCUT2D eigenvalue weighted by atomic mass is 32.1. The molecule has 0 unspecified atom stereocenters. The SMILES string of the molecule is Cc1ccc(C(=O)/C=C/c2ccccc2OC(C)C)s1. The average Bonchev–Trinajstić information content (AvgIpc) is 2.83. The van der Waals surface area contributed by atoms with Crippen molar-refractivity contribution in [2.24, 2.45) is 0 Å². The Morgan fingerprint density at radius 3 is 2.60 bits per heavy atom. The molecule has 2 nitrogen and oxygen atoms in total. The molecule has 0 N–H and O–H groups in total. The van der Waals surface area contributed by atoms with Crippen molar-refractivity contribution in [3.8, 4) is 5.75 Å². The Labute approximate surface area is 123 Å². The minimum atomic E-state index is 0.0300. The third-order valence-corrected chi connectivity index (χ3v) is 3.69. The van der Waals surface area contributed by atoms with Gasteiger partial charge in [0.05, 0.1) is 11.0 Å². The number of hydrogen-bond acceptors (Lipinski definition) is 3. The van der Waals surface area contributed by atoms with Gasteiger partial charge in [0, 0.05) is 10.4 Å². The van der Waals surface area contributed by atoms with Crippen molar-refractivity contribution < 1.29 is 9.53 Å². The molecule has 3 heteroatoms. The van der Waals surface area contributed by atoms with E-state index in [4.69, 9.17) is 4.74 Å². The van der Waals surface area contributed by atoms with Crippen molar-refractivity contribution >= 4 is 23.2 Å². The third kappa shape index (κ3) is 3.81. The molecule has 0 fully saturated rings. The van der Waals surface area contributed by atoms with Crippen LogP contribution in [0.15, 0.2) is 42.5 Å². The predicted molar refractivity (Wildman–Crippen MR) is 84.6 cm³/mol. The van der Waals surface area contributed by atoms with E-state index in [0.717, 1.165) is 21.1 Å². The highest BCUT2D eigenvalue weighted by Crippen LogP contribution is 2.22. The number of thiophene rings is 1. The molecular formula is C17H18O2S. The Morgan fingerprint density at radius 2 is 1.95 bits per heavy atom. The van der Waals surface area contributed by atoms with Crippen molar-refractivity contribution in [1.29, 1.82) is 0 Å². The molecule has 2 rings (SSSR count). The van der Waals surface area contributed by atoms with Gasteiger partial charge in [0.15, 0.2) is 5.78 Å². The number of allylic oxidation sites excluding steroid dienone is 1. The number of rotatable bonds is 5. The Kier molecular flexibility index (Phi) is 4.74. The fourth-order valence-corrected chi connectivity index (χ4v) is 2.58. The first-order valence-corrected chi connectivity index (χ1v) is 7.42. The van der Waals surface area contributed by atoms with E-state index in [9.17, 15) is 4.79 Å². The van der Waals surface area contributed by atoms with E-state index in [2.05, 4.69) is 0 Å². The number of aryl methyl sites for hydroxylation is 1. The number of ketones is 1. The molecule has 0 aliphatic heterocycles. The van der Waals surface area contributed by atoms with E-state index < -0.39 is 0 Å². The van der Waals surface area contributed by atoms with E-state index in [1.807, 2.05) is 63.2 Å². The van der Waals surface area contributed by atoms with E-state index in [-0.39, 0.29) is 11.9 Å². The van der Waals surface area contributed by atoms with Crippen LogP contribution in [0.1, 0.15) is 34.0 Å². The number of carbonyl (C=O) groups is 1. The molecule has 1 aromatic carbocycles. The average molecular weight is 286 g/mol. The number of para-hydroxylation sites is 1. The first-order chi connectivity index (χ1) is 9.56. The second-order valence-electron chi connectivity index (χ2n) is 4.81. The molecule has 20 heavy (non-hydrogen) atoms. The summed E-state index contributed by atoms with van der Waals surface area (Å²) in [4.78, 5) is 14.0. The summed E-state index contributed by atoms with van der Waals surface area (Å²) in [7, 11) is 0. The summed E-state index contributed by atoms with van der Waals surface area (Å²) in [6.07, 6.45) is 3.53. The fourth-order valence-electron chi connectivity index (χ4n) is 1.79. The monoisotopic (exact) mass is 286 g/mol. The van der Waals surface area contributed by atoms with E-state index >= 15 is 0 Å². The summed E-state index contributed by atoms with van der Waals surface area (Å²) >= 11 is 1.51. The molecule has 0 amide bonds. The molecule has 0 bridgehead atoms. The molecule has 104 valence electrons. The molecular weight excluding hydrogens is 268 g/mol. The molecule has 2 aromatic rings. The minimum Gasteiger partial charge on any atom is -0.490 e. The lowest BCUT2D eigenvalue weighted by Gasteiger charge is -2.11. The van der Waals surface area contributed by atoms with Crippen LogP contribution >= 0.6 is 11.3 Å². The van der Waals surface area contributed by atoms with Gasteiger partial charge in [-0.2, -0.15) is 0 Å². The first kappa shape index (κ1) is 14.5. The molecule has 0 radical (unpaired) electrons. The van der Waals surface area contributed by atoms with Gasteiger partial charge in [-0.3, -0.25) is 4.79 Å². The third-order valence-electron chi connectivity index (χ3n) is 2.68. The van der Waals surface area contributed by atoms with Gasteiger partial charge >= 0.3 is 0 Å². The Balaban J connectivity index is 2.17. The number of carbonyl (C=O) groups excluding carboxylic acids is 1. The Bertz CT molecular complexity index is 623. The zero-order chi connectivity index (χ0) is 14.5. The van der Waals surface area contributed by atoms with Crippen LogP contribution in [0.3, 0.4) is 0 Å². The quantitative estimate of drug-likeness (QED) is 0.586. The molecule has 0 saturated heterocycles. The van der Waals surface area contributed by atoms with Gasteiger partial charge in [0.1, 0.15) is 5.75 Å². The van der Waals surface area contributed by atoms with Crippen LogP contribution in [0.4, 0.5) is 0 Å². The molecule has 0 saturated carbocycles. The van der Waals surface area contributed by atoms with Crippen molar-refractivity contribution in [3.05, 3.63) is 57.8 Å². The molecule has 1 aromatic heterocycles. The minimum absolute atomic E-state index is 0.0300. The van der Waals surface area contributed by atoms with Crippen LogP contribution in [0.5, 0.6) is 5.75 Å². The van der Waals surface area contributed by atoms with Gasteiger partial charge < -0.3 is 4.74 Å². The van der Waals surface area contributed by atoms with Crippen LogP contribution < -0.4 is 4.74 Å². The Hall–Kier alpha value is -1.87. The van der Waals surface area contributed by atoms with Crippen molar-refractivity contribution in [1.82, 2.24) is 0 Å². The molecule has 1 heterocycles. The zero-order valence-corrected chi connectivity index (χ0v) is 12.7. The summed E-state index contributed by atoms with van der Waals surface area (Å²) in [5.41, 5.74) is 0.919. The van der Waals surface area contributed by atoms with Crippen LogP contribution in [0, 0.1) is 6.92 Å². The summed E-state index contributed by atoms with van der Waals surface area (Å²) < 4.78 is 5.73. The van der Waals surface area contributed by atoms with Crippen LogP contribution in [-0.2, 0) is 0 Å². The van der Waals surface area contributed by atoms with Gasteiger partial charge in [0.2, 0.25) is 0 Å². The number of benzene rings is 1. The van der Waals surface area contributed by atoms with Gasteiger partial charge in [0.25, 0.3) is 0 Å². The maximum atomic E-state index is 12.0. The van der Waals surface area contributed by atoms with E-state index in [1.165, 1.54) is 11.3 Å². The van der Waals surface area contributed by atoms with Crippen molar-refractivity contribution in [2.75, 3.05) is 0 Å². The lowest BCUT2D eigenvalue weighted by Crippen LogP contribution is -2.06. The summed E-state index contributed by atoms with van der Waals surface area (Å²) in [6, 6.07) is 11.6. The highest BCUT2D eigenvalue weighted by Gasteiger charge is 2.06. The number of hydrogen-bond donors (Lipinski definition) is 0. The fraction of sp³-hybridized carbons (Fsp3) is 0.235. The van der Waals surface area contributed by atoms with Crippen LogP contribution in [0.25, 0.3) is 6.08 Å². The summed E-state index contributed by atoms with van der Waals surface area (Å²) in [5.74, 6) is 0.830. The van der Waals surface area contributed by atoms with Gasteiger partial charge in [-0.15, -0.1) is 11.3 Å². The molecule has 0 aliphatic rings. The van der Waals surface area contributed by atoms with E-state index in [0.29, 0.717) is 0 Å². The van der Waals surface area contributed by atoms with Crippen molar-refractivity contribution in [2.45, 2.75) is 26.9 Å². The zero-order valence-electron chi connectivity index (χ0n) is 11.9. The van der Waals surface area contributed by atoms with Crippen LogP contribution in [0.2, 0.25) is 0 Å². The van der Waals surface area contributed by atoms with Crippen LogP contribution in [-0.4, -0.2) is 11.9 Å². The standard InChI is InChI=1S/C17H18O2S/c1-12(2)19-16-7-5-4-6-14(16)9-10-15(18)17-11-8-13(3)20-17/h4-12H,1-3H3/b10-9+. The topological polar surface area (TPSA) is 26.3 Å².